The molecule has 6 heteroatoms. The molecule has 2 aromatic heterocycles. The van der Waals surface area contributed by atoms with Crippen LogP contribution in [0.4, 0.5) is 5.82 Å². The van der Waals surface area contributed by atoms with Gasteiger partial charge in [0.05, 0.1) is 5.52 Å². The number of fused-ring (bicyclic) bond motifs is 1. The summed E-state index contributed by atoms with van der Waals surface area (Å²) >= 11 is -0.641. The number of nitrogens with zero attached hydrogens (tertiary/aromatic N) is 3. The van der Waals surface area contributed by atoms with E-state index in [2.05, 4.69) is 28.4 Å². The van der Waals surface area contributed by atoms with Crippen molar-refractivity contribution in [3.05, 3.63) is 17.1 Å². The standard InChI is InChI=1S/C18H30N4OS/c1-5-6-11-24(23)12-9-7-8-10-22-15(4)21-16-17(22)13(2)14(3)20-18(16)19/h5-12H2,1-4H3,(H2,19,20). The molecule has 0 aromatic carbocycles. The monoisotopic (exact) mass is 350 g/mol. The molecule has 2 N–H and O–H groups in total. The Morgan fingerprint density at radius 3 is 2.46 bits per heavy atom. The predicted octanol–water partition coefficient (Wildman–Crippen LogP) is 3.66. The molecular formula is C18H30N4OS. The molecule has 0 aliphatic heterocycles. The van der Waals surface area contributed by atoms with E-state index in [4.69, 9.17) is 5.73 Å². The number of unbranched alkanes of at least 4 members (excludes halogenated alkanes) is 3. The third-order valence-electron chi connectivity index (χ3n) is 4.57. The molecule has 134 valence electrons. The van der Waals surface area contributed by atoms with Crippen molar-refractivity contribution in [3.8, 4) is 0 Å². The summed E-state index contributed by atoms with van der Waals surface area (Å²) < 4.78 is 14.1. The number of nitrogens with two attached hydrogens (primary N) is 1. The van der Waals surface area contributed by atoms with Gasteiger partial charge in [0.2, 0.25) is 0 Å². The van der Waals surface area contributed by atoms with E-state index in [1.54, 1.807) is 0 Å². The number of hydrogen-bond donors (Lipinski definition) is 1. The highest BCUT2D eigenvalue weighted by atomic mass is 32.2. The highest BCUT2D eigenvalue weighted by Crippen LogP contribution is 2.26. The lowest BCUT2D eigenvalue weighted by Crippen LogP contribution is -2.11. The van der Waals surface area contributed by atoms with Gasteiger partial charge in [-0.2, -0.15) is 0 Å². The summed E-state index contributed by atoms with van der Waals surface area (Å²) in [5.41, 5.74) is 10.1. The number of aryl methyl sites for hydroxylation is 4. The maximum Gasteiger partial charge on any atom is 0.151 e. The predicted molar refractivity (Wildman–Crippen MR) is 103 cm³/mol. The van der Waals surface area contributed by atoms with Crippen molar-refractivity contribution in [3.63, 3.8) is 0 Å². The van der Waals surface area contributed by atoms with E-state index in [1.165, 1.54) is 0 Å². The first-order valence-electron chi connectivity index (χ1n) is 8.90. The van der Waals surface area contributed by atoms with E-state index < -0.39 is 11.2 Å². The summed E-state index contributed by atoms with van der Waals surface area (Å²) in [7, 11) is 0. The van der Waals surface area contributed by atoms with Crippen LogP contribution in [-0.4, -0.2) is 30.6 Å². The van der Waals surface area contributed by atoms with Crippen molar-refractivity contribution in [1.29, 1.82) is 0 Å². The van der Waals surface area contributed by atoms with Gasteiger partial charge in [0, 0.05) is 12.2 Å². The van der Waals surface area contributed by atoms with E-state index >= 15 is 0 Å². The minimum atomic E-state index is -0.641. The Labute approximate surface area is 148 Å². The normalized spacial score (nSPS) is 12.9. The largest absolute Gasteiger partial charge is 0.616 e. The van der Waals surface area contributed by atoms with E-state index in [9.17, 15) is 4.55 Å². The maximum absolute atomic E-state index is 11.8. The summed E-state index contributed by atoms with van der Waals surface area (Å²) in [5, 5.41) is 0. The number of rotatable bonds is 9. The van der Waals surface area contributed by atoms with Crippen LogP contribution in [0.2, 0.25) is 0 Å². The molecule has 0 aliphatic rings. The summed E-state index contributed by atoms with van der Waals surface area (Å²) in [4.78, 5) is 8.98. The van der Waals surface area contributed by atoms with Gasteiger partial charge in [-0.15, -0.1) is 0 Å². The molecule has 0 spiro atoms. The first-order valence-corrected chi connectivity index (χ1v) is 10.4. The summed E-state index contributed by atoms with van der Waals surface area (Å²) in [6.07, 6.45) is 5.38. The quantitative estimate of drug-likeness (QED) is 0.553. The average molecular weight is 351 g/mol. The minimum absolute atomic E-state index is 0.515. The zero-order chi connectivity index (χ0) is 17.7. The number of pyridine rings is 1. The van der Waals surface area contributed by atoms with Crippen LogP contribution in [-0.2, 0) is 17.7 Å². The molecular weight excluding hydrogens is 320 g/mol. The number of nitrogen functional groups attached to an aromatic ring is 1. The van der Waals surface area contributed by atoms with Crippen molar-refractivity contribution in [2.45, 2.75) is 66.3 Å². The van der Waals surface area contributed by atoms with Crippen LogP contribution >= 0.6 is 0 Å². The molecule has 0 bridgehead atoms. The second kappa shape index (κ2) is 8.72. The average Bonchev–Trinajstić information content (AvgIpc) is 2.88. The lowest BCUT2D eigenvalue weighted by Gasteiger charge is -2.12. The first kappa shape index (κ1) is 19.1. The van der Waals surface area contributed by atoms with E-state index in [0.717, 1.165) is 78.3 Å². The van der Waals surface area contributed by atoms with Crippen molar-refractivity contribution in [2.24, 2.45) is 0 Å². The summed E-state index contributed by atoms with van der Waals surface area (Å²) in [6, 6.07) is 0. The van der Waals surface area contributed by atoms with Gasteiger partial charge >= 0.3 is 0 Å². The minimum Gasteiger partial charge on any atom is -0.616 e. The SMILES string of the molecule is CCCC[S+]([O-])CCCCCn1c(C)nc2c(N)nc(C)c(C)c21. The third kappa shape index (κ3) is 4.42. The Balaban J connectivity index is 1.95. The number of imidazole rings is 1. The third-order valence-corrected chi connectivity index (χ3v) is 6.05. The lowest BCUT2D eigenvalue weighted by atomic mass is 10.2. The molecule has 1 atom stereocenters. The number of hydrogen-bond acceptors (Lipinski definition) is 4. The smallest absolute Gasteiger partial charge is 0.151 e. The Morgan fingerprint density at radius 2 is 1.75 bits per heavy atom. The Kier molecular flexibility index (Phi) is 6.92. The van der Waals surface area contributed by atoms with Crippen LogP contribution in [0.15, 0.2) is 0 Å². The fraction of sp³-hybridized carbons (Fsp3) is 0.667. The second-order valence-corrected chi connectivity index (χ2v) is 8.17. The maximum atomic E-state index is 11.8. The first-order chi connectivity index (χ1) is 11.5. The molecule has 2 heterocycles. The lowest BCUT2D eigenvalue weighted by molar-refractivity contribution is 0.574. The molecule has 24 heavy (non-hydrogen) atoms. The second-order valence-electron chi connectivity index (χ2n) is 6.48. The Hall–Kier alpha value is -1.27. The fourth-order valence-corrected chi connectivity index (χ4v) is 4.34. The van der Waals surface area contributed by atoms with E-state index in [-0.39, 0.29) is 0 Å². The topological polar surface area (TPSA) is 79.8 Å². The molecule has 0 saturated heterocycles. The van der Waals surface area contributed by atoms with E-state index in [0.29, 0.717) is 5.82 Å². The van der Waals surface area contributed by atoms with Crippen molar-refractivity contribution in [2.75, 3.05) is 17.2 Å². The molecule has 1 unspecified atom stereocenters. The van der Waals surface area contributed by atoms with Gasteiger partial charge in [0.15, 0.2) is 5.82 Å². The number of aromatic nitrogens is 3. The van der Waals surface area contributed by atoms with E-state index in [1.807, 2.05) is 13.8 Å². The summed E-state index contributed by atoms with van der Waals surface area (Å²) in [6.45, 7) is 9.16. The van der Waals surface area contributed by atoms with Crippen LogP contribution in [0.1, 0.15) is 56.1 Å². The highest BCUT2D eigenvalue weighted by molar-refractivity contribution is 7.91. The van der Waals surface area contributed by atoms with Gasteiger partial charge in [-0.3, -0.25) is 0 Å². The van der Waals surface area contributed by atoms with Crippen LogP contribution in [0.3, 0.4) is 0 Å². The van der Waals surface area contributed by atoms with Crippen LogP contribution in [0, 0.1) is 20.8 Å². The molecule has 2 aromatic rings. The molecule has 2 rings (SSSR count). The molecule has 5 nitrogen and oxygen atoms in total. The Bertz CT molecular complexity index is 683. The fourth-order valence-electron chi connectivity index (χ4n) is 3.00. The molecule has 0 radical (unpaired) electrons. The zero-order valence-corrected chi connectivity index (χ0v) is 16.2. The van der Waals surface area contributed by atoms with Gasteiger partial charge in [-0.05, 0) is 52.0 Å². The zero-order valence-electron chi connectivity index (χ0n) is 15.4. The molecule has 0 saturated carbocycles. The van der Waals surface area contributed by atoms with Gasteiger partial charge in [-0.1, -0.05) is 24.5 Å². The van der Waals surface area contributed by atoms with Gasteiger partial charge in [0.1, 0.15) is 22.8 Å². The van der Waals surface area contributed by atoms with Crippen LogP contribution < -0.4 is 5.73 Å². The molecule has 0 fully saturated rings. The van der Waals surface area contributed by atoms with Crippen LogP contribution in [0.25, 0.3) is 11.0 Å². The van der Waals surface area contributed by atoms with Crippen molar-refractivity contribution >= 4 is 28.0 Å². The van der Waals surface area contributed by atoms with Gasteiger partial charge in [0.25, 0.3) is 0 Å². The number of anilines is 1. The highest BCUT2D eigenvalue weighted by Gasteiger charge is 2.15. The Morgan fingerprint density at radius 1 is 1.04 bits per heavy atom. The summed E-state index contributed by atoms with van der Waals surface area (Å²) in [5.74, 6) is 3.19. The van der Waals surface area contributed by atoms with Gasteiger partial charge < -0.3 is 14.9 Å². The van der Waals surface area contributed by atoms with Gasteiger partial charge in [-0.25, -0.2) is 9.97 Å². The molecule has 0 aliphatic carbocycles. The van der Waals surface area contributed by atoms with Crippen molar-refractivity contribution < 1.29 is 4.55 Å². The van der Waals surface area contributed by atoms with Crippen LogP contribution in [0.5, 0.6) is 0 Å². The van der Waals surface area contributed by atoms with Crippen molar-refractivity contribution in [1.82, 2.24) is 14.5 Å². The molecule has 0 amide bonds.